The second-order valence-corrected chi connectivity index (χ2v) is 5.09. The first-order valence-electron chi connectivity index (χ1n) is 6.78. The van der Waals surface area contributed by atoms with Gasteiger partial charge in [-0.05, 0) is 37.8 Å². The number of anilines is 1. The first kappa shape index (κ1) is 14.3. The average Bonchev–Trinajstić information content (AvgIpc) is 2.39. The van der Waals surface area contributed by atoms with Gasteiger partial charge in [-0.3, -0.25) is 9.59 Å². The Morgan fingerprint density at radius 1 is 1.50 bits per heavy atom. The van der Waals surface area contributed by atoms with E-state index in [1.54, 1.807) is 6.07 Å². The van der Waals surface area contributed by atoms with Crippen LogP contribution >= 0.6 is 0 Å². The number of aromatic nitrogens is 1. The van der Waals surface area contributed by atoms with Crippen LogP contribution in [-0.2, 0) is 16.0 Å². The zero-order valence-corrected chi connectivity index (χ0v) is 11.3. The molecule has 2 heterocycles. The van der Waals surface area contributed by atoms with Crippen LogP contribution in [0.25, 0.3) is 0 Å². The van der Waals surface area contributed by atoms with Crippen molar-refractivity contribution in [2.24, 2.45) is 5.92 Å². The van der Waals surface area contributed by atoms with E-state index < -0.39 is 5.97 Å². The van der Waals surface area contributed by atoms with Crippen molar-refractivity contribution in [1.82, 2.24) is 9.88 Å². The number of hydrogen-bond acceptors (Lipinski definition) is 4. The third kappa shape index (κ3) is 3.69. The lowest BCUT2D eigenvalue weighted by atomic mass is 9.91. The van der Waals surface area contributed by atoms with Gasteiger partial charge in [0.2, 0.25) is 5.91 Å². The van der Waals surface area contributed by atoms with E-state index in [2.05, 4.69) is 4.98 Å². The van der Waals surface area contributed by atoms with Crippen molar-refractivity contribution in [2.45, 2.75) is 25.7 Å². The Labute approximate surface area is 117 Å². The molecule has 2 rings (SSSR count). The Hall–Kier alpha value is -2.11. The molecular weight excluding hydrogens is 258 g/mol. The van der Waals surface area contributed by atoms with Gasteiger partial charge in [0.15, 0.2) is 0 Å². The molecule has 20 heavy (non-hydrogen) atoms. The summed E-state index contributed by atoms with van der Waals surface area (Å²) in [5, 5.41) is 8.79. The number of nitrogens with zero attached hydrogens (tertiary/aromatic N) is 2. The number of rotatable bonds is 5. The summed E-state index contributed by atoms with van der Waals surface area (Å²) < 4.78 is 0. The highest BCUT2D eigenvalue weighted by Crippen LogP contribution is 2.22. The van der Waals surface area contributed by atoms with Gasteiger partial charge >= 0.3 is 5.97 Å². The first-order chi connectivity index (χ1) is 9.56. The van der Waals surface area contributed by atoms with Crippen molar-refractivity contribution >= 4 is 17.7 Å². The van der Waals surface area contributed by atoms with Gasteiger partial charge in [-0.15, -0.1) is 0 Å². The summed E-state index contributed by atoms with van der Waals surface area (Å²) in [6.07, 6.45) is 3.04. The molecule has 1 aliphatic heterocycles. The summed E-state index contributed by atoms with van der Waals surface area (Å²) in [7, 11) is 0. The zero-order chi connectivity index (χ0) is 14.5. The molecule has 0 spiro atoms. The molecule has 1 aromatic rings. The Kier molecular flexibility index (Phi) is 4.55. The zero-order valence-electron chi connectivity index (χ0n) is 11.3. The third-order valence-electron chi connectivity index (χ3n) is 3.54. The topological polar surface area (TPSA) is 96.5 Å². The Morgan fingerprint density at radius 3 is 3.00 bits per heavy atom. The molecule has 0 aromatic carbocycles. The van der Waals surface area contributed by atoms with Gasteiger partial charge in [-0.25, -0.2) is 4.98 Å². The van der Waals surface area contributed by atoms with Gasteiger partial charge in [0.1, 0.15) is 12.4 Å². The number of likely N-dealkylation sites (tertiary alicyclic amines) is 1. The minimum Gasteiger partial charge on any atom is -0.480 e. The van der Waals surface area contributed by atoms with E-state index >= 15 is 0 Å². The van der Waals surface area contributed by atoms with Crippen molar-refractivity contribution in [3.63, 3.8) is 0 Å². The lowest BCUT2D eigenvalue weighted by Crippen LogP contribution is -2.43. The molecule has 1 fully saturated rings. The van der Waals surface area contributed by atoms with Gasteiger partial charge in [0.05, 0.1) is 0 Å². The van der Waals surface area contributed by atoms with Crippen molar-refractivity contribution < 1.29 is 14.7 Å². The van der Waals surface area contributed by atoms with Crippen molar-refractivity contribution in [2.75, 3.05) is 18.8 Å². The normalized spacial score (nSPS) is 19.1. The van der Waals surface area contributed by atoms with E-state index in [4.69, 9.17) is 10.8 Å². The molecule has 0 saturated carbocycles. The monoisotopic (exact) mass is 277 g/mol. The molecule has 0 unspecified atom stereocenters. The fraction of sp³-hybridized carbons (Fsp3) is 0.500. The fourth-order valence-electron chi connectivity index (χ4n) is 2.57. The van der Waals surface area contributed by atoms with Crippen LogP contribution in [0.2, 0.25) is 0 Å². The molecule has 6 nitrogen and oxygen atoms in total. The predicted octanol–water partition coefficient (Wildman–Crippen LogP) is 0.920. The fourth-order valence-corrected chi connectivity index (χ4v) is 2.57. The molecule has 0 aliphatic carbocycles. The molecular formula is C14H19N3O3. The number of pyridine rings is 1. The van der Waals surface area contributed by atoms with Crippen LogP contribution in [0.1, 0.15) is 25.0 Å². The van der Waals surface area contributed by atoms with Crippen LogP contribution in [0.3, 0.4) is 0 Å². The first-order valence-corrected chi connectivity index (χ1v) is 6.78. The van der Waals surface area contributed by atoms with Gasteiger partial charge in [0.25, 0.3) is 0 Å². The number of nitrogens with two attached hydrogens (primary N) is 1. The average molecular weight is 277 g/mol. The number of carbonyl (C=O) groups excluding carboxylic acids is 1. The molecule has 1 aromatic heterocycles. The smallest absolute Gasteiger partial charge is 0.323 e. The summed E-state index contributed by atoms with van der Waals surface area (Å²) in [4.78, 5) is 28.5. The highest BCUT2D eigenvalue weighted by Gasteiger charge is 2.29. The van der Waals surface area contributed by atoms with E-state index in [1.807, 2.05) is 12.1 Å². The van der Waals surface area contributed by atoms with Crippen molar-refractivity contribution in [3.8, 4) is 0 Å². The van der Waals surface area contributed by atoms with E-state index in [9.17, 15) is 9.59 Å². The number of piperidine rings is 1. The standard InChI is InChI=1S/C14H19N3O3/c15-12-5-1-4-11(16-12)7-6-10-3-2-8-17(14(10)20)9-13(18)19/h1,4-5,10H,2-3,6-9H2,(H2,15,16)(H,18,19)/t10-/m0/s1. The number of amides is 1. The van der Waals surface area contributed by atoms with Crippen LogP contribution < -0.4 is 5.73 Å². The van der Waals surface area contributed by atoms with Crippen LogP contribution in [-0.4, -0.2) is 40.0 Å². The largest absolute Gasteiger partial charge is 0.480 e. The summed E-state index contributed by atoms with van der Waals surface area (Å²) in [5.74, 6) is -0.643. The highest BCUT2D eigenvalue weighted by atomic mass is 16.4. The Balaban J connectivity index is 1.92. The van der Waals surface area contributed by atoms with Gasteiger partial charge in [-0.1, -0.05) is 6.07 Å². The van der Waals surface area contributed by atoms with Crippen LogP contribution in [0, 0.1) is 5.92 Å². The molecule has 1 aliphatic rings. The summed E-state index contributed by atoms with van der Waals surface area (Å²) in [6.45, 7) is 0.337. The number of hydrogen-bond donors (Lipinski definition) is 2. The number of carbonyl (C=O) groups is 2. The molecule has 0 radical (unpaired) electrons. The van der Waals surface area contributed by atoms with Crippen LogP contribution in [0.15, 0.2) is 18.2 Å². The molecule has 108 valence electrons. The highest BCUT2D eigenvalue weighted by molar-refractivity contribution is 5.83. The number of aliphatic carboxylic acids is 1. The maximum atomic E-state index is 12.2. The number of carboxylic acid groups (broad SMARTS) is 1. The van der Waals surface area contributed by atoms with E-state index in [-0.39, 0.29) is 18.4 Å². The van der Waals surface area contributed by atoms with E-state index in [1.165, 1.54) is 4.90 Å². The number of carboxylic acids is 1. The van der Waals surface area contributed by atoms with Gasteiger partial charge < -0.3 is 15.7 Å². The predicted molar refractivity (Wildman–Crippen MR) is 73.9 cm³/mol. The van der Waals surface area contributed by atoms with E-state index in [0.717, 1.165) is 18.5 Å². The van der Waals surface area contributed by atoms with Crippen molar-refractivity contribution in [3.05, 3.63) is 23.9 Å². The van der Waals surface area contributed by atoms with Gasteiger partial charge in [-0.2, -0.15) is 0 Å². The molecule has 0 bridgehead atoms. The SMILES string of the molecule is Nc1cccc(CC[C@@H]2CCCN(CC(=O)O)C2=O)n1. The van der Waals surface area contributed by atoms with Crippen molar-refractivity contribution in [1.29, 1.82) is 0 Å². The maximum absolute atomic E-state index is 12.2. The van der Waals surface area contributed by atoms with Crippen LogP contribution in [0.5, 0.6) is 0 Å². The molecule has 3 N–H and O–H groups in total. The third-order valence-corrected chi connectivity index (χ3v) is 3.54. The number of nitrogen functional groups attached to an aromatic ring is 1. The minimum atomic E-state index is -0.962. The molecule has 1 atom stereocenters. The summed E-state index contributed by atoms with van der Waals surface area (Å²) in [5.41, 5.74) is 6.49. The second kappa shape index (κ2) is 6.36. The molecule has 6 heteroatoms. The van der Waals surface area contributed by atoms with Crippen LogP contribution in [0.4, 0.5) is 5.82 Å². The minimum absolute atomic E-state index is 0.0532. The number of aryl methyl sites for hydroxylation is 1. The second-order valence-electron chi connectivity index (χ2n) is 5.09. The summed E-state index contributed by atoms with van der Waals surface area (Å²) >= 11 is 0. The van der Waals surface area contributed by atoms with E-state index in [0.29, 0.717) is 25.2 Å². The maximum Gasteiger partial charge on any atom is 0.323 e. The quantitative estimate of drug-likeness (QED) is 0.834. The van der Waals surface area contributed by atoms with Gasteiger partial charge in [0, 0.05) is 18.2 Å². The lowest BCUT2D eigenvalue weighted by Gasteiger charge is -2.31. The lowest BCUT2D eigenvalue weighted by molar-refractivity contribution is -0.148. The summed E-state index contributed by atoms with van der Waals surface area (Å²) in [6, 6.07) is 5.46. The molecule has 1 saturated heterocycles. The Bertz CT molecular complexity index is 504. The Morgan fingerprint density at radius 2 is 2.30 bits per heavy atom. The molecule has 1 amide bonds.